The highest BCUT2D eigenvalue weighted by atomic mass is 19.1. The van der Waals surface area contributed by atoms with Crippen LogP contribution in [0.25, 0.3) is 0 Å². The molecule has 8 nitrogen and oxygen atoms in total. The predicted octanol–water partition coefficient (Wildman–Crippen LogP) is 3.22. The number of carbonyl (C=O) groups excluding carboxylic acids is 2. The Balaban J connectivity index is 1.18. The lowest BCUT2D eigenvalue weighted by Crippen LogP contribution is -2.61. The Morgan fingerprint density at radius 3 is 2.56 bits per heavy atom. The molecule has 2 aliphatic heterocycles. The van der Waals surface area contributed by atoms with Crippen LogP contribution in [0.3, 0.4) is 0 Å². The molecule has 1 saturated carbocycles. The Bertz CT molecular complexity index is 1310. The highest BCUT2D eigenvalue weighted by molar-refractivity contribution is 5.95. The number of piperidine rings is 1. The number of rotatable bonds is 5. The Kier molecular flexibility index (Phi) is 6.28. The number of amides is 2. The number of piperazine rings is 1. The predicted molar refractivity (Wildman–Crippen MR) is 147 cm³/mol. The van der Waals surface area contributed by atoms with E-state index < -0.39 is 12.3 Å². The fourth-order valence-electron chi connectivity index (χ4n) is 7.00. The van der Waals surface area contributed by atoms with Gasteiger partial charge in [-0.25, -0.2) is 4.39 Å². The van der Waals surface area contributed by atoms with E-state index in [1.807, 2.05) is 4.90 Å². The number of carbonyl (C=O) groups is 2. The van der Waals surface area contributed by atoms with Gasteiger partial charge in [-0.1, -0.05) is 12.1 Å². The normalized spacial score (nSPS) is 24.9. The monoisotopic (exact) mass is 537 g/mol. The van der Waals surface area contributed by atoms with Gasteiger partial charge in [-0.15, -0.1) is 0 Å². The van der Waals surface area contributed by atoms with E-state index in [-0.39, 0.29) is 36.7 Å². The zero-order valence-electron chi connectivity index (χ0n) is 23.5. The van der Waals surface area contributed by atoms with Gasteiger partial charge in [0.2, 0.25) is 5.91 Å². The van der Waals surface area contributed by atoms with Crippen LogP contribution in [0.2, 0.25) is 0 Å². The van der Waals surface area contributed by atoms with Gasteiger partial charge in [-0.3, -0.25) is 14.3 Å². The first-order valence-electron chi connectivity index (χ1n) is 14.3. The first-order valence-corrected chi connectivity index (χ1v) is 14.3. The minimum atomic E-state index is -1.33. The minimum absolute atomic E-state index is 0.0245. The van der Waals surface area contributed by atoms with E-state index in [1.54, 1.807) is 9.58 Å². The zero-order valence-corrected chi connectivity index (χ0v) is 23.5. The third-order valence-corrected chi connectivity index (χ3v) is 9.68. The Hall–Kier alpha value is -2.94. The van der Waals surface area contributed by atoms with Crippen LogP contribution in [0.4, 0.5) is 10.1 Å². The number of anilines is 1. The van der Waals surface area contributed by atoms with E-state index in [0.717, 1.165) is 37.2 Å². The summed E-state index contributed by atoms with van der Waals surface area (Å²) in [6, 6.07) is 6.38. The lowest BCUT2D eigenvalue weighted by atomic mass is 9.92. The molecular weight excluding hydrogens is 497 g/mol. The molecule has 2 aromatic rings. The molecule has 2 amide bonds. The second-order valence-corrected chi connectivity index (χ2v) is 12.8. The van der Waals surface area contributed by atoms with Gasteiger partial charge in [0.25, 0.3) is 5.91 Å². The second-order valence-electron chi connectivity index (χ2n) is 12.8. The van der Waals surface area contributed by atoms with Crippen molar-refractivity contribution in [1.82, 2.24) is 19.6 Å². The topological polar surface area (TPSA) is 81.9 Å². The molecule has 0 spiro atoms. The third kappa shape index (κ3) is 4.52. The van der Waals surface area contributed by atoms with Crippen LogP contribution in [-0.4, -0.2) is 87.0 Å². The quantitative estimate of drug-likeness (QED) is 0.634. The molecule has 9 heteroatoms. The summed E-state index contributed by atoms with van der Waals surface area (Å²) < 4.78 is 15.0. The number of aromatic nitrogens is 2. The van der Waals surface area contributed by atoms with Crippen LogP contribution < -0.4 is 4.90 Å². The van der Waals surface area contributed by atoms with Gasteiger partial charge in [0, 0.05) is 49.7 Å². The smallest absolute Gasteiger partial charge is 0.274 e. The minimum Gasteiger partial charge on any atom is -0.387 e. The molecule has 39 heavy (non-hydrogen) atoms. The number of likely N-dealkylation sites (tertiary alicyclic amines) is 1. The van der Waals surface area contributed by atoms with Gasteiger partial charge in [0.15, 0.2) is 5.69 Å². The molecule has 3 fully saturated rings. The number of aryl methyl sites for hydroxylation is 1. The van der Waals surface area contributed by atoms with Crippen molar-refractivity contribution < 1.29 is 19.1 Å². The maximum Gasteiger partial charge on any atom is 0.274 e. The summed E-state index contributed by atoms with van der Waals surface area (Å²) in [6.07, 6.45) is 2.39. The Morgan fingerprint density at radius 1 is 1.13 bits per heavy atom. The lowest BCUT2D eigenvalue weighted by molar-refractivity contribution is -0.138. The maximum absolute atomic E-state index is 13.7. The number of hydrogen-bond acceptors (Lipinski definition) is 5. The fourth-order valence-corrected chi connectivity index (χ4v) is 7.00. The highest BCUT2D eigenvalue weighted by Crippen LogP contribution is 2.57. The van der Waals surface area contributed by atoms with Crippen molar-refractivity contribution in [2.24, 2.45) is 5.92 Å². The number of benzene rings is 1. The number of halogens is 1. The van der Waals surface area contributed by atoms with Gasteiger partial charge < -0.3 is 19.8 Å². The molecule has 6 rings (SSSR count). The summed E-state index contributed by atoms with van der Waals surface area (Å²) in [7, 11) is 0. The molecule has 0 unspecified atom stereocenters. The molecular formula is C30H40FN5O3. The molecule has 210 valence electrons. The molecule has 0 radical (unpaired) electrons. The molecule has 1 aromatic carbocycles. The van der Waals surface area contributed by atoms with E-state index in [4.69, 9.17) is 5.10 Å². The molecule has 1 N–H and O–H groups in total. The molecule has 0 bridgehead atoms. The molecule has 2 saturated heterocycles. The van der Waals surface area contributed by atoms with Crippen LogP contribution in [0, 0.1) is 19.8 Å². The van der Waals surface area contributed by atoms with Crippen molar-refractivity contribution in [2.45, 2.75) is 77.0 Å². The molecule has 4 aliphatic rings. The number of hydrogen-bond donors (Lipinski definition) is 1. The Morgan fingerprint density at radius 2 is 1.87 bits per heavy atom. The van der Waals surface area contributed by atoms with Crippen molar-refractivity contribution >= 4 is 17.5 Å². The summed E-state index contributed by atoms with van der Waals surface area (Å²) in [5, 5.41) is 15.0. The Labute approximate surface area is 229 Å². The standard InChI is InChI=1S/C30H40FN5O3/c1-19-6-5-7-23(20(19)2)34-12-13-35(29(3,4)18-34)25(37)16-36-24-15-21-14-22(21)26(24)27(32-36)28(38)33-10-8-30(39,17-31)9-11-33/h5-7,21-22,39H,8-18H2,1-4H3/t21-,22-/m1/s1. The van der Waals surface area contributed by atoms with E-state index in [1.165, 1.54) is 16.8 Å². The zero-order chi connectivity index (χ0) is 27.7. The fraction of sp³-hybridized carbons (Fsp3) is 0.633. The van der Waals surface area contributed by atoms with Crippen LogP contribution >= 0.6 is 0 Å². The highest BCUT2D eigenvalue weighted by Gasteiger charge is 2.51. The van der Waals surface area contributed by atoms with E-state index in [9.17, 15) is 19.1 Å². The van der Waals surface area contributed by atoms with Gasteiger partial charge >= 0.3 is 0 Å². The van der Waals surface area contributed by atoms with Crippen LogP contribution in [-0.2, 0) is 17.8 Å². The SMILES string of the molecule is Cc1cccc(N2CCN(C(=O)Cn3nc(C(=O)N4CCC(O)(CF)CC4)c4c3C[C@H]3C[C@@H]43)C(C)(C)C2)c1C. The average Bonchev–Trinajstić information content (AvgIpc) is 3.43. The first kappa shape index (κ1) is 26.3. The number of aliphatic hydroxyl groups is 1. The van der Waals surface area contributed by atoms with E-state index >= 15 is 0 Å². The summed E-state index contributed by atoms with van der Waals surface area (Å²) >= 11 is 0. The molecule has 2 atom stereocenters. The van der Waals surface area contributed by atoms with Crippen LogP contribution in [0.5, 0.6) is 0 Å². The van der Waals surface area contributed by atoms with Crippen LogP contribution in [0.15, 0.2) is 18.2 Å². The van der Waals surface area contributed by atoms with Crippen LogP contribution in [0.1, 0.15) is 71.9 Å². The summed E-state index contributed by atoms with van der Waals surface area (Å²) in [5.41, 5.74) is 4.57. The summed E-state index contributed by atoms with van der Waals surface area (Å²) in [6.45, 7) is 10.6. The third-order valence-electron chi connectivity index (χ3n) is 9.68. The lowest BCUT2D eigenvalue weighted by Gasteiger charge is -2.48. The van der Waals surface area contributed by atoms with E-state index in [2.05, 4.69) is 50.8 Å². The van der Waals surface area contributed by atoms with Gasteiger partial charge in [-0.2, -0.15) is 5.10 Å². The largest absolute Gasteiger partial charge is 0.387 e. The molecule has 3 heterocycles. The van der Waals surface area contributed by atoms with Crippen molar-refractivity contribution in [1.29, 1.82) is 0 Å². The summed E-state index contributed by atoms with van der Waals surface area (Å²) in [5.74, 6) is 0.763. The van der Waals surface area contributed by atoms with Crippen molar-refractivity contribution in [3.05, 3.63) is 46.3 Å². The van der Waals surface area contributed by atoms with Gasteiger partial charge in [-0.05, 0) is 82.4 Å². The van der Waals surface area contributed by atoms with Crippen molar-refractivity contribution in [3.63, 3.8) is 0 Å². The van der Waals surface area contributed by atoms with Gasteiger partial charge in [0.05, 0.1) is 11.1 Å². The average molecular weight is 538 g/mol. The number of alkyl halides is 1. The van der Waals surface area contributed by atoms with E-state index in [0.29, 0.717) is 37.2 Å². The first-order chi connectivity index (χ1) is 18.5. The van der Waals surface area contributed by atoms with Crippen molar-refractivity contribution in [2.75, 3.05) is 44.3 Å². The molecule has 2 aliphatic carbocycles. The number of nitrogens with zero attached hydrogens (tertiary/aromatic N) is 5. The number of fused-ring (bicyclic) bond motifs is 3. The summed E-state index contributed by atoms with van der Waals surface area (Å²) in [4.78, 5) is 33.3. The maximum atomic E-state index is 13.7. The molecule has 1 aromatic heterocycles. The van der Waals surface area contributed by atoms with Crippen molar-refractivity contribution in [3.8, 4) is 0 Å². The second kappa shape index (κ2) is 9.32. The van der Waals surface area contributed by atoms with Gasteiger partial charge in [0.1, 0.15) is 13.2 Å².